The van der Waals surface area contributed by atoms with Gasteiger partial charge in [-0.25, -0.2) is 8.42 Å². The van der Waals surface area contributed by atoms with Crippen molar-refractivity contribution in [2.45, 2.75) is 44.4 Å². The highest BCUT2D eigenvalue weighted by molar-refractivity contribution is 7.89. The Kier molecular flexibility index (Phi) is 7.10. The molecular weight excluding hydrogens is 398 g/mol. The van der Waals surface area contributed by atoms with Gasteiger partial charge in [-0.2, -0.15) is 4.31 Å². The van der Waals surface area contributed by atoms with Gasteiger partial charge >= 0.3 is 0 Å². The zero-order chi connectivity index (χ0) is 21.0. The van der Waals surface area contributed by atoms with Crippen LogP contribution in [0.2, 0.25) is 0 Å². The Hall–Kier alpha value is -1.75. The standard InChI is InChI=1S/C19H29N3O6S/c1-3-22(4-2)29(25,26)16-5-6-17(23)21(13-16)14-18(24)20-9-7-15(8-10-20)19-27-11-12-28-19/h5-6,13,15,19H,3-4,7-12,14H2,1-2H3. The number of hydrogen-bond donors (Lipinski definition) is 0. The van der Waals surface area contributed by atoms with Crippen molar-refractivity contribution < 1.29 is 22.7 Å². The van der Waals surface area contributed by atoms with Gasteiger partial charge in [-0.1, -0.05) is 13.8 Å². The number of amides is 1. The van der Waals surface area contributed by atoms with Gasteiger partial charge in [0.25, 0.3) is 5.56 Å². The van der Waals surface area contributed by atoms with Crippen LogP contribution in [0.3, 0.4) is 0 Å². The number of sulfonamides is 1. The van der Waals surface area contributed by atoms with Gasteiger partial charge in [0.2, 0.25) is 15.9 Å². The number of hydrogen-bond acceptors (Lipinski definition) is 6. The van der Waals surface area contributed by atoms with Crippen LogP contribution >= 0.6 is 0 Å². The topological polar surface area (TPSA) is 98.2 Å². The molecule has 9 nitrogen and oxygen atoms in total. The van der Waals surface area contributed by atoms with Crippen molar-refractivity contribution in [3.8, 4) is 0 Å². The third-order valence-electron chi connectivity index (χ3n) is 5.53. The molecule has 3 rings (SSSR count). The largest absolute Gasteiger partial charge is 0.350 e. The number of aromatic nitrogens is 1. The molecule has 0 aliphatic carbocycles. The molecule has 2 aliphatic heterocycles. The highest BCUT2D eigenvalue weighted by Gasteiger charge is 2.32. The molecule has 10 heteroatoms. The zero-order valence-electron chi connectivity index (χ0n) is 17.0. The van der Waals surface area contributed by atoms with E-state index in [4.69, 9.17) is 9.47 Å². The summed E-state index contributed by atoms with van der Waals surface area (Å²) in [4.78, 5) is 26.6. The summed E-state index contributed by atoms with van der Waals surface area (Å²) < 4.78 is 39.0. The molecule has 1 aromatic heterocycles. The Labute approximate surface area is 171 Å². The molecule has 0 unspecified atom stereocenters. The fourth-order valence-corrected chi connectivity index (χ4v) is 5.29. The van der Waals surface area contributed by atoms with Crippen LogP contribution in [-0.2, 0) is 30.8 Å². The second-order valence-electron chi connectivity index (χ2n) is 7.25. The number of ether oxygens (including phenoxy) is 2. The molecule has 0 spiro atoms. The van der Waals surface area contributed by atoms with E-state index in [0.717, 1.165) is 12.8 Å². The van der Waals surface area contributed by atoms with Crippen molar-refractivity contribution >= 4 is 15.9 Å². The summed E-state index contributed by atoms with van der Waals surface area (Å²) in [6.07, 6.45) is 2.64. The second-order valence-corrected chi connectivity index (χ2v) is 9.19. The average molecular weight is 428 g/mol. The Balaban J connectivity index is 1.67. The molecule has 2 saturated heterocycles. The molecule has 1 aromatic rings. The van der Waals surface area contributed by atoms with E-state index < -0.39 is 15.6 Å². The number of pyridine rings is 1. The minimum absolute atomic E-state index is 0.0165. The molecule has 0 saturated carbocycles. The highest BCUT2D eigenvalue weighted by Crippen LogP contribution is 2.26. The van der Waals surface area contributed by atoms with Gasteiger partial charge in [0.15, 0.2) is 6.29 Å². The molecule has 0 bridgehead atoms. The lowest BCUT2D eigenvalue weighted by Crippen LogP contribution is -2.43. The predicted molar refractivity (Wildman–Crippen MR) is 106 cm³/mol. The van der Waals surface area contributed by atoms with E-state index in [9.17, 15) is 18.0 Å². The monoisotopic (exact) mass is 427 g/mol. The molecule has 1 amide bonds. The van der Waals surface area contributed by atoms with Crippen molar-refractivity contribution in [2.75, 3.05) is 39.4 Å². The molecular formula is C19H29N3O6S. The first-order valence-electron chi connectivity index (χ1n) is 10.1. The molecule has 2 fully saturated rings. The molecule has 0 atom stereocenters. The summed E-state index contributed by atoms with van der Waals surface area (Å²) in [5, 5.41) is 0. The lowest BCUT2D eigenvalue weighted by Gasteiger charge is -2.34. The van der Waals surface area contributed by atoms with Crippen molar-refractivity contribution in [1.29, 1.82) is 0 Å². The Morgan fingerprint density at radius 2 is 1.76 bits per heavy atom. The fourth-order valence-electron chi connectivity index (χ4n) is 3.81. The summed E-state index contributed by atoms with van der Waals surface area (Å²) in [5.74, 6) is 0.0722. The number of piperidine rings is 1. The second kappa shape index (κ2) is 9.38. The van der Waals surface area contributed by atoms with Crippen LogP contribution < -0.4 is 5.56 Å². The zero-order valence-corrected chi connectivity index (χ0v) is 17.8. The van der Waals surface area contributed by atoms with Crippen LogP contribution in [0.25, 0.3) is 0 Å². The minimum Gasteiger partial charge on any atom is -0.350 e. The van der Waals surface area contributed by atoms with Gasteiger partial charge in [-0.3, -0.25) is 9.59 Å². The maximum atomic E-state index is 12.7. The van der Waals surface area contributed by atoms with E-state index in [0.29, 0.717) is 39.4 Å². The van der Waals surface area contributed by atoms with Crippen LogP contribution in [0, 0.1) is 5.92 Å². The smallest absolute Gasteiger partial charge is 0.251 e. The summed E-state index contributed by atoms with van der Waals surface area (Å²) in [5.41, 5.74) is -0.403. The molecule has 0 N–H and O–H groups in total. The van der Waals surface area contributed by atoms with Gasteiger partial charge in [0, 0.05) is 44.4 Å². The fraction of sp³-hybridized carbons (Fsp3) is 0.684. The molecule has 162 valence electrons. The Bertz CT molecular complexity index is 866. The van der Waals surface area contributed by atoms with Gasteiger partial charge in [0.1, 0.15) is 6.54 Å². The lowest BCUT2D eigenvalue weighted by atomic mass is 9.96. The maximum Gasteiger partial charge on any atom is 0.251 e. The Morgan fingerprint density at radius 3 is 2.34 bits per heavy atom. The third kappa shape index (κ3) is 4.88. The van der Waals surface area contributed by atoms with E-state index in [-0.39, 0.29) is 29.6 Å². The lowest BCUT2D eigenvalue weighted by molar-refractivity contribution is -0.137. The number of nitrogens with zero attached hydrogens (tertiary/aromatic N) is 3. The molecule has 2 aliphatic rings. The highest BCUT2D eigenvalue weighted by atomic mass is 32.2. The van der Waals surface area contributed by atoms with Crippen LogP contribution in [0.15, 0.2) is 28.0 Å². The van der Waals surface area contributed by atoms with Crippen LogP contribution in [0.1, 0.15) is 26.7 Å². The maximum absolute atomic E-state index is 12.7. The number of carbonyl (C=O) groups excluding carboxylic acids is 1. The van der Waals surface area contributed by atoms with Crippen molar-refractivity contribution in [3.05, 3.63) is 28.7 Å². The Morgan fingerprint density at radius 1 is 1.14 bits per heavy atom. The van der Waals surface area contributed by atoms with Crippen molar-refractivity contribution in [3.63, 3.8) is 0 Å². The third-order valence-corrected chi connectivity index (χ3v) is 7.56. The molecule has 3 heterocycles. The van der Waals surface area contributed by atoms with E-state index in [1.165, 1.54) is 27.2 Å². The predicted octanol–water partition coefficient (Wildman–Crippen LogP) is 0.490. The number of carbonyl (C=O) groups is 1. The molecule has 0 aromatic carbocycles. The number of likely N-dealkylation sites (tertiary alicyclic amines) is 1. The minimum atomic E-state index is -3.70. The average Bonchev–Trinajstić information content (AvgIpc) is 3.25. The quantitative estimate of drug-likeness (QED) is 0.628. The van der Waals surface area contributed by atoms with Crippen molar-refractivity contribution in [1.82, 2.24) is 13.8 Å². The van der Waals surface area contributed by atoms with E-state index >= 15 is 0 Å². The SMILES string of the molecule is CCN(CC)S(=O)(=O)c1ccc(=O)n(CC(=O)N2CCC(C3OCCO3)CC2)c1. The van der Waals surface area contributed by atoms with Gasteiger partial charge in [-0.15, -0.1) is 0 Å². The summed E-state index contributed by atoms with van der Waals surface area (Å²) in [6, 6.07) is 2.49. The van der Waals surface area contributed by atoms with Gasteiger partial charge < -0.3 is 18.9 Å². The van der Waals surface area contributed by atoms with Crippen LogP contribution in [-0.4, -0.2) is 73.8 Å². The van der Waals surface area contributed by atoms with E-state index in [1.807, 2.05) is 0 Å². The summed E-state index contributed by atoms with van der Waals surface area (Å²) in [6.45, 7) is 6.36. The molecule has 29 heavy (non-hydrogen) atoms. The first kappa shape index (κ1) is 21.9. The first-order valence-corrected chi connectivity index (χ1v) is 11.5. The van der Waals surface area contributed by atoms with Gasteiger partial charge in [-0.05, 0) is 18.9 Å². The van der Waals surface area contributed by atoms with Crippen molar-refractivity contribution in [2.24, 2.45) is 5.92 Å². The normalized spacial score (nSPS) is 19.2. The first-order chi connectivity index (χ1) is 13.9. The molecule has 0 radical (unpaired) electrons. The van der Waals surface area contributed by atoms with E-state index in [2.05, 4.69) is 0 Å². The van der Waals surface area contributed by atoms with Crippen LogP contribution in [0.5, 0.6) is 0 Å². The van der Waals surface area contributed by atoms with E-state index in [1.54, 1.807) is 18.7 Å². The summed E-state index contributed by atoms with van der Waals surface area (Å²) >= 11 is 0. The van der Waals surface area contributed by atoms with Gasteiger partial charge in [0.05, 0.1) is 18.1 Å². The van der Waals surface area contributed by atoms with Crippen LogP contribution in [0.4, 0.5) is 0 Å². The number of rotatable bonds is 7. The summed E-state index contributed by atoms with van der Waals surface area (Å²) in [7, 11) is -3.70.